The lowest BCUT2D eigenvalue weighted by Crippen LogP contribution is -2.14. The number of amides is 1. The maximum absolute atomic E-state index is 12.4. The Morgan fingerprint density at radius 1 is 1.11 bits per heavy atom. The SMILES string of the molecule is COc1ccc(CCNc2ncc(C(=O)Nc3cccc(Cl)c3C)cn2)cc1. The molecule has 3 aromatic rings. The molecule has 0 saturated carbocycles. The molecule has 0 radical (unpaired) electrons. The summed E-state index contributed by atoms with van der Waals surface area (Å²) >= 11 is 6.08. The summed E-state index contributed by atoms with van der Waals surface area (Å²) in [6, 6.07) is 13.3. The van der Waals surface area contributed by atoms with Crippen LogP contribution in [0.4, 0.5) is 11.6 Å². The van der Waals surface area contributed by atoms with Crippen molar-refractivity contribution < 1.29 is 9.53 Å². The molecule has 2 N–H and O–H groups in total. The van der Waals surface area contributed by atoms with Gasteiger partial charge in [-0.25, -0.2) is 9.97 Å². The molecule has 0 fully saturated rings. The van der Waals surface area contributed by atoms with E-state index in [1.807, 2.05) is 31.2 Å². The topological polar surface area (TPSA) is 76.1 Å². The lowest BCUT2D eigenvalue weighted by Gasteiger charge is -2.10. The largest absolute Gasteiger partial charge is 0.497 e. The van der Waals surface area contributed by atoms with Crippen molar-refractivity contribution in [1.29, 1.82) is 0 Å². The third kappa shape index (κ3) is 4.98. The molecule has 1 heterocycles. The van der Waals surface area contributed by atoms with Crippen LogP contribution in [-0.2, 0) is 6.42 Å². The molecule has 3 rings (SSSR count). The first kappa shape index (κ1) is 19.6. The van der Waals surface area contributed by atoms with Gasteiger partial charge in [-0.05, 0) is 48.7 Å². The van der Waals surface area contributed by atoms with Crippen LogP contribution in [0.5, 0.6) is 5.75 Å². The summed E-state index contributed by atoms with van der Waals surface area (Å²) in [6.07, 6.45) is 3.82. The van der Waals surface area contributed by atoms with Gasteiger partial charge >= 0.3 is 0 Å². The number of hydrogen-bond acceptors (Lipinski definition) is 5. The van der Waals surface area contributed by atoms with Crippen molar-refractivity contribution >= 4 is 29.1 Å². The van der Waals surface area contributed by atoms with E-state index in [-0.39, 0.29) is 5.91 Å². The highest BCUT2D eigenvalue weighted by atomic mass is 35.5. The van der Waals surface area contributed by atoms with Crippen molar-refractivity contribution in [3.8, 4) is 5.75 Å². The predicted molar refractivity (Wildman–Crippen MR) is 111 cm³/mol. The van der Waals surface area contributed by atoms with E-state index in [9.17, 15) is 4.79 Å². The minimum absolute atomic E-state index is 0.282. The standard InChI is InChI=1S/C21H21ClN4O2/c1-14-18(22)4-3-5-19(14)26-20(27)16-12-24-21(25-13-16)23-11-10-15-6-8-17(28-2)9-7-15/h3-9,12-13H,10-11H2,1-2H3,(H,26,27)(H,23,24,25). The zero-order valence-electron chi connectivity index (χ0n) is 15.7. The molecule has 1 amide bonds. The van der Waals surface area contributed by atoms with E-state index in [1.54, 1.807) is 25.3 Å². The van der Waals surface area contributed by atoms with Crippen LogP contribution < -0.4 is 15.4 Å². The molecule has 7 heteroatoms. The molecule has 0 unspecified atom stereocenters. The van der Waals surface area contributed by atoms with Gasteiger partial charge in [0.25, 0.3) is 5.91 Å². The number of rotatable bonds is 7. The van der Waals surface area contributed by atoms with Gasteiger partial charge < -0.3 is 15.4 Å². The zero-order valence-corrected chi connectivity index (χ0v) is 16.5. The number of nitrogens with zero attached hydrogens (tertiary/aromatic N) is 2. The van der Waals surface area contributed by atoms with E-state index in [2.05, 4.69) is 20.6 Å². The third-order valence-corrected chi connectivity index (χ3v) is 4.70. The molecule has 0 aliphatic carbocycles. The fourth-order valence-electron chi connectivity index (χ4n) is 2.58. The van der Waals surface area contributed by atoms with E-state index in [0.717, 1.165) is 17.7 Å². The maximum Gasteiger partial charge on any atom is 0.258 e. The maximum atomic E-state index is 12.4. The van der Waals surface area contributed by atoms with Crippen LogP contribution in [0.25, 0.3) is 0 Å². The molecule has 0 aliphatic heterocycles. The zero-order chi connectivity index (χ0) is 19.9. The number of anilines is 2. The van der Waals surface area contributed by atoms with Crippen molar-refractivity contribution in [3.05, 3.63) is 76.6 Å². The van der Waals surface area contributed by atoms with E-state index >= 15 is 0 Å². The van der Waals surface area contributed by atoms with Crippen LogP contribution in [0.2, 0.25) is 5.02 Å². The average Bonchev–Trinajstić information content (AvgIpc) is 2.72. The first-order chi connectivity index (χ1) is 13.6. The molecule has 0 atom stereocenters. The molecule has 0 spiro atoms. The number of carbonyl (C=O) groups excluding carboxylic acids is 1. The van der Waals surface area contributed by atoms with Crippen LogP contribution in [0.3, 0.4) is 0 Å². The van der Waals surface area contributed by atoms with E-state index in [4.69, 9.17) is 16.3 Å². The normalized spacial score (nSPS) is 10.4. The summed E-state index contributed by atoms with van der Waals surface area (Å²) in [4.78, 5) is 20.8. The second kappa shape index (κ2) is 9.19. The smallest absolute Gasteiger partial charge is 0.258 e. The highest BCUT2D eigenvalue weighted by Gasteiger charge is 2.10. The number of ether oxygens (including phenoxy) is 1. The number of hydrogen-bond donors (Lipinski definition) is 2. The average molecular weight is 397 g/mol. The molecular formula is C21H21ClN4O2. The number of carbonyl (C=O) groups is 1. The molecule has 6 nitrogen and oxygen atoms in total. The summed E-state index contributed by atoms with van der Waals surface area (Å²) < 4.78 is 5.15. The minimum atomic E-state index is -0.282. The number of aromatic nitrogens is 2. The molecular weight excluding hydrogens is 376 g/mol. The van der Waals surface area contributed by atoms with Crippen LogP contribution in [0.1, 0.15) is 21.5 Å². The van der Waals surface area contributed by atoms with Gasteiger partial charge in [0.05, 0.1) is 12.7 Å². The summed E-state index contributed by atoms with van der Waals surface area (Å²) in [6.45, 7) is 2.53. The minimum Gasteiger partial charge on any atom is -0.497 e. The van der Waals surface area contributed by atoms with Gasteiger partial charge in [-0.1, -0.05) is 29.8 Å². The van der Waals surface area contributed by atoms with Gasteiger partial charge in [-0.3, -0.25) is 4.79 Å². The Morgan fingerprint density at radius 2 is 1.82 bits per heavy atom. The lowest BCUT2D eigenvalue weighted by atomic mass is 10.1. The Kier molecular flexibility index (Phi) is 6.45. The third-order valence-electron chi connectivity index (χ3n) is 4.29. The van der Waals surface area contributed by atoms with Crippen LogP contribution in [0, 0.1) is 6.92 Å². The Hall–Kier alpha value is -3.12. The molecule has 0 aliphatic rings. The van der Waals surface area contributed by atoms with E-state index in [0.29, 0.717) is 28.8 Å². The second-order valence-corrected chi connectivity index (χ2v) is 6.59. The number of nitrogens with one attached hydrogen (secondary N) is 2. The van der Waals surface area contributed by atoms with Gasteiger partial charge in [0.15, 0.2) is 0 Å². The van der Waals surface area contributed by atoms with Crippen LogP contribution in [-0.4, -0.2) is 29.5 Å². The fraction of sp³-hybridized carbons (Fsp3) is 0.190. The molecule has 144 valence electrons. The summed E-state index contributed by atoms with van der Waals surface area (Å²) in [7, 11) is 1.65. The van der Waals surface area contributed by atoms with Crippen molar-refractivity contribution in [2.24, 2.45) is 0 Å². The highest BCUT2D eigenvalue weighted by Crippen LogP contribution is 2.23. The van der Waals surface area contributed by atoms with Gasteiger partial charge in [0.1, 0.15) is 5.75 Å². The molecule has 2 aromatic carbocycles. The Bertz CT molecular complexity index is 944. The Labute approximate surface area is 168 Å². The molecule has 0 bridgehead atoms. The van der Waals surface area contributed by atoms with Crippen LogP contribution in [0.15, 0.2) is 54.9 Å². The Morgan fingerprint density at radius 3 is 2.50 bits per heavy atom. The predicted octanol–water partition coefficient (Wildman–Crippen LogP) is 4.35. The lowest BCUT2D eigenvalue weighted by molar-refractivity contribution is 0.102. The van der Waals surface area contributed by atoms with Crippen molar-refractivity contribution in [2.45, 2.75) is 13.3 Å². The van der Waals surface area contributed by atoms with E-state index < -0.39 is 0 Å². The quantitative estimate of drug-likeness (QED) is 0.620. The van der Waals surface area contributed by atoms with Crippen molar-refractivity contribution in [2.75, 3.05) is 24.3 Å². The van der Waals surface area contributed by atoms with Gasteiger partial charge in [-0.2, -0.15) is 0 Å². The first-order valence-electron chi connectivity index (χ1n) is 8.82. The molecule has 1 aromatic heterocycles. The number of methoxy groups -OCH3 is 1. The molecule has 28 heavy (non-hydrogen) atoms. The van der Waals surface area contributed by atoms with Crippen molar-refractivity contribution in [3.63, 3.8) is 0 Å². The van der Waals surface area contributed by atoms with E-state index in [1.165, 1.54) is 18.0 Å². The molecule has 0 saturated heterocycles. The number of benzene rings is 2. The monoisotopic (exact) mass is 396 g/mol. The van der Waals surface area contributed by atoms with Gasteiger partial charge in [0, 0.05) is 29.6 Å². The van der Waals surface area contributed by atoms with Crippen LogP contribution >= 0.6 is 11.6 Å². The number of halogens is 1. The summed E-state index contributed by atoms with van der Waals surface area (Å²) in [5.41, 5.74) is 3.04. The van der Waals surface area contributed by atoms with Gasteiger partial charge in [-0.15, -0.1) is 0 Å². The highest BCUT2D eigenvalue weighted by molar-refractivity contribution is 6.31. The second-order valence-electron chi connectivity index (χ2n) is 6.19. The summed E-state index contributed by atoms with van der Waals surface area (Å²) in [5, 5.41) is 6.58. The van der Waals surface area contributed by atoms with Gasteiger partial charge in [0.2, 0.25) is 5.95 Å². The Balaban J connectivity index is 1.53. The first-order valence-corrected chi connectivity index (χ1v) is 9.20. The summed E-state index contributed by atoms with van der Waals surface area (Å²) in [5.74, 6) is 1.03. The van der Waals surface area contributed by atoms with Crippen molar-refractivity contribution in [1.82, 2.24) is 9.97 Å². The fourth-order valence-corrected chi connectivity index (χ4v) is 2.76.